The summed E-state index contributed by atoms with van der Waals surface area (Å²) < 4.78 is 0. The Balaban J connectivity index is 2.77. The molecule has 1 fully saturated rings. The molecule has 0 aliphatic heterocycles. The molecule has 1 rings (SSSR count). The van der Waals surface area contributed by atoms with Gasteiger partial charge in [-0.05, 0) is 37.1 Å². The Morgan fingerprint density at radius 3 is 1.40 bits per heavy atom. The number of quaternary nitrogens is 2. The van der Waals surface area contributed by atoms with E-state index >= 15 is 0 Å². The summed E-state index contributed by atoms with van der Waals surface area (Å²) in [4.78, 5) is 26.3. The van der Waals surface area contributed by atoms with Crippen molar-refractivity contribution < 1.29 is 19.4 Å². The van der Waals surface area contributed by atoms with Crippen LogP contribution < -0.4 is 9.80 Å². The van der Waals surface area contributed by atoms with Crippen LogP contribution >= 0.6 is 0 Å². The molecule has 2 N–H and O–H groups in total. The summed E-state index contributed by atoms with van der Waals surface area (Å²) in [6.07, 6.45) is 12.3. The molecule has 20 heavy (non-hydrogen) atoms. The van der Waals surface area contributed by atoms with Gasteiger partial charge >= 0.3 is 0 Å². The first-order valence-electron chi connectivity index (χ1n) is 6.85. The van der Waals surface area contributed by atoms with Crippen LogP contribution in [0.25, 0.3) is 0 Å². The third kappa shape index (κ3) is 5.07. The molecule has 0 amide bonds. The molecule has 1 aliphatic rings. The van der Waals surface area contributed by atoms with Crippen molar-refractivity contribution >= 4 is 11.6 Å². The van der Waals surface area contributed by atoms with Crippen molar-refractivity contribution in [1.29, 1.82) is 0 Å². The van der Waals surface area contributed by atoms with E-state index in [1.54, 1.807) is 12.2 Å². The molecule has 0 aromatic carbocycles. The number of allylic oxidation sites excluding steroid dienone is 6. The van der Waals surface area contributed by atoms with E-state index in [1.807, 2.05) is 52.7 Å². The highest BCUT2D eigenvalue weighted by Gasteiger charge is 2.27. The van der Waals surface area contributed by atoms with Gasteiger partial charge in [0.05, 0.1) is 40.6 Å². The number of ketones is 2. The van der Waals surface area contributed by atoms with Gasteiger partial charge in [-0.3, -0.25) is 9.59 Å². The molecule has 0 heterocycles. The van der Waals surface area contributed by atoms with E-state index in [4.69, 9.17) is 0 Å². The minimum Gasteiger partial charge on any atom is -0.314 e. The fraction of sp³-hybridized carbons (Fsp3) is 0.375. The second-order valence-electron chi connectivity index (χ2n) is 5.41. The van der Waals surface area contributed by atoms with E-state index in [9.17, 15) is 9.59 Å². The summed E-state index contributed by atoms with van der Waals surface area (Å²) in [6, 6.07) is 0. The zero-order chi connectivity index (χ0) is 15.1. The van der Waals surface area contributed by atoms with Gasteiger partial charge in [0.25, 0.3) is 0 Å². The van der Waals surface area contributed by atoms with Crippen LogP contribution in [0.2, 0.25) is 0 Å². The quantitative estimate of drug-likeness (QED) is 0.516. The summed E-state index contributed by atoms with van der Waals surface area (Å²) in [7, 11) is 7.96. The van der Waals surface area contributed by atoms with Crippen LogP contribution in [0.3, 0.4) is 0 Å². The number of carbonyl (C=O) groups excluding carboxylic acids is 2. The Hall–Kier alpha value is -1.78. The molecule has 108 valence electrons. The van der Waals surface area contributed by atoms with Gasteiger partial charge in [0.1, 0.15) is 0 Å². The minimum atomic E-state index is -0.369. The highest BCUT2D eigenvalue weighted by molar-refractivity contribution is 6.49. The summed E-state index contributed by atoms with van der Waals surface area (Å²) in [5.74, 6) is -0.738. The van der Waals surface area contributed by atoms with E-state index in [1.165, 1.54) is 0 Å². The number of carbonyl (C=O) groups is 2. The molecule has 4 heteroatoms. The van der Waals surface area contributed by atoms with Gasteiger partial charge in [-0.15, -0.1) is 0 Å². The number of hydrogen-bond acceptors (Lipinski definition) is 2. The van der Waals surface area contributed by atoms with Gasteiger partial charge < -0.3 is 9.80 Å². The average Bonchev–Trinajstić information content (AvgIpc) is 2.36. The first-order valence-corrected chi connectivity index (χ1v) is 6.85. The Morgan fingerprint density at radius 1 is 0.750 bits per heavy atom. The zero-order valence-electron chi connectivity index (χ0n) is 12.7. The van der Waals surface area contributed by atoms with Crippen molar-refractivity contribution in [2.24, 2.45) is 0 Å². The Kier molecular flexibility index (Phi) is 6.28. The molecular formula is C16H24N2O2+2. The maximum absolute atomic E-state index is 12.0. The zero-order valence-corrected chi connectivity index (χ0v) is 12.7. The standard InChI is InChI=1S/C16H22N2O2/c1-17(2)11-5-7-13-9-10-14(16(20)15(13)19)8-6-12-18(3)4/h5-8,11-12H,9-10H2,1-4H3/p+2/b11-5+,12-6+,13-7?,14-8?. The Labute approximate surface area is 120 Å². The van der Waals surface area contributed by atoms with Crippen molar-refractivity contribution in [3.8, 4) is 0 Å². The monoisotopic (exact) mass is 276 g/mol. The predicted octanol–water partition coefficient (Wildman–Crippen LogP) is -0.912. The highest BCUT2D eigenvalue weighted by Crippen LogP contribution is 2.22. The first kappa shape index (κ1) is 16.3. The smallest absolute Gasteiger partial charge is 0.229 e. The van der Waals surface area contributed by atoms with Crippen molar-refractivity contribution in [1.82, 2.24) is 0 Å². The maximum atomic E-state index is 12.0. The van der Waals surface area contributed by atoms with E-state index in [-0.39, 0.29) is 11.6 Å². The number of nitrogens with one attached hydrogen (secondary N) is 2. The largest absolute Gasteiger partial charge is 0.314 e. The molecule has 0 spiro atoms. The van der Waals surface area contributed by atoms with Gasteiger partial charge in [-0.25, -0.2) is 0 Å². The molecule has 0 aromatic rings. The average molecular weight is 276 g/mol. The lowest BCUT2D eigenvalue weighted by Crippen LogP contribution is -3.00. The van der Waals surface area contributed by atoms with Gasteiger partial charge in [-0.2, -0.15) is 0 Å². The number of Topliss-reactive ketones (excluding diaryl/α,β-unsaturated/α-hetero) is 2. The minimum absolute atomic E-state index is 0.369. The van der Waals surface area contributed by atoms with Crippen molar-refractivity contribution in [3.63, 3.8) is 0 Å². The highest BCUT2D eigenvalue weighted by atomic mass is 16.2. The van der Waals surface area contributed by atoms with Crippen molar-refractivity contribution in [2.45, 2.75) is 12.8 Å². The normalized spacial score (nSPS) is 21.5. The molecule has 0 atom stereocenters. The first-order chi connectivity index (χ1) is 9.41. The van der Waals surface area contributed by atoms with Gasteiger partial charge in [-0.1, -0.05) is 0 Å². The second kappa shape index (κ2) is 7.72. The van der Waals surface area contributed by atoms with Crippen molar-refractivity contribution in [2.75, 3.05) is 28.2 Å². The summed E-state index contributed by atoms with van der Waals surface area (Å²) in [5.41, 5.74) is 1.21. The summed E-state index contributed by atoms with van der Waals surface area (Å²) in [5, 5.41) is 0. The second-order valence-corrected chi connectivity index (χ2v) is 5.41. The number of hydrogen-bond donors (Lipinski definition) is 2. The predicted molar refractivity (Wildman–Crippen MR) is 79.3 cm³/mol. The van der Waals surface area contributed by atoms with Crippen LogP contribution in [0, 0.1) is 0 Å². The SMILES string of the molecule is C[NH+](C)/C=C/C=C1CCC(=C/C=C/[NH+](C)C)C(=O)C1=O. The van der Waals surface area contributed by atoms with Crippen LogP contribution in [-0.4, -0.2) is 39.8 Å². The molecule has 1 saturated carbocycles. The van der Waals surface area contributed by atoms with Crippen LogP contribution in [0.15, 0.2) is 47.9 Å². The molecule has 0 aromatic heterocycles. The lowest BCUT2D eigenvalue weighted by atomic mass is 9.87. The Bertz CT molecular complexity index is 449. The molecule has 1 aliphatic carbocycles. The molecule has 0 saturated heterocycles. The van der Waals surface area contributed by atoms with Gasteiger partial charge in [0, 0.05) is 11.1 Å². The van der Waals surface area contributed by atoms with Crippen LogP contribution in [0.4, 0.5) is 0 Å². The summed E-state index contributed by atoms with van der Waals surface area (Å²) >= 11 is 0. The van der Waals surface area contributed by atoms with E-state index < -0.39 is 0 Å². The van der Waals surface area contributed by atoms with E-state index in [2.05, 4.69) is 0 Å². The van der Waals surface area contributed by atoms with E-state index in [0.717, 1.165) is 9.80 Å². The molecule has 4 nitrogen and oxygen atoms in total. The lowest BCUT2D eigenvalue weighted by molar-refractivity contribution is -0.801. The van der Waals surface area contributed by atoms with E-state index in [0.29, 0.717) is 24.0 Å². The third-order valence-corrected chi connectivity index (χ3v) is 2.91. The number of rotatable bonds is 4. The fourth-order valence-electron chi connectivity index (χ4n) is 1.82. The van der Waals surface area contributed by atoms with Gasteiger partial charge in [0.2, 0.25) is 11.6 Å². The maximum Gasteiger partial charge on any atom is 0.229 e. The fourth-order valence-corrected chi connectivity index (χ4v) is 1.82. The lowest BCUT2D eigenvalue weighted by Gasteiger charge is -2.14. The Morgan fingerprint density at radius 2 is 1.10 bits per heavy atom. The van der Waals surface area contributed by atoms with Crippen LogP contribution in [-0.2, 0) is 9.59 Å². The van der Waals surface area contributed by atoms with Crippen LogP contribution in [0.5, 0.6) is 0 Å². The molecule has 0 unspecified atom stereocenters. The molecule has 0 radical (unpaired) electrons. The van der Waals surface area contributed by atoms with Crippen LogP contribution in [0.1, 0.15) is 12.8 Å². The van der Waals surface area contributed by atoms with Gasteiger partial charge in [0.15, 0.2) is 0 Å². The molecular weight excluding hydrogens is 252 g/mol. The third-order valence-electron chi connectivity index (χ3n) is 2.91. The van der Waals surface area contributed by atoms with Crippen molar-refractivity contribution in [3.05, 3.63) is 47.9 Å². The molecule has 0 bridgehead atoms. The summed E-state index contributed by atoms with van der Waals surface area (Å²) in [6.45, 7) is 0. The topological polar surface area (TPSA) is 43.0 Å².